The molecule has 1 N–H and O–H groups in total. The van der Waals surface area contributed by atoms with Crippen LogP contribution >= 0.6 is 0 Å². The van der Waals surface area contributed by atoms with Gasteiger partial charge in [0.05, 0.1) is 18.8 Å². The Balaban J connectivity index is 1.36. The number of aromatic nitrogens is 2. The predicted molar refractivity (Wildman–Crippen MR) is 167 cm³/mol. The molecule has 1 saturated heterocycles. The molecule has 0 radical (unpaired) electrons. The average molecular weight is 585 g/mol. The van der Waals surface area contributed by atoms with E-state index in [1.807, 2.05) is 67.6 Å². The first-order chi connectivity index (χ1) is 20.8. The Labute approximate surface area is 251 Å². The molecule has 1 amide bonds. The Morgan fingerprint density at radius 2 is 1.91 bits per heavy atom. The van der Waals surface area contributed by atoms with Gasteiger partial charge in [-0.2, -0.15) is 4.98 Å². The lowest BCUT2D eigenvalue weighted by molar-refractivity contribution is 0.144. The third-order valence-corrected chi connectivity index (χ3v) is 7.75. The number of hydrogen-bond donors (Lipinski definition) is 1. The molecule has 0 aliphatic carbocycles. The van der Waals surface area contributed by atoms with Gasteiger partial charge in [-0.1, -0.05) is 42.5 Å². The summed E-state index contributed by atoms with van der Waals surface area (Å²) in [5.74, 6) is 0.923. The summed E-state index contributed by atoms with van der Waals surface area (Å²) in [6.07, 6.45) is 0.988. The third kappa shape index (κ3) is 7.21. The van der Waals surface area contributed by atoms with Crippen molar-refractivity contribution in [3.05, 3.63) is 102 Å². The lowest BCUT2D eigenvalue weighted by Gasteiger charge is -2.39. The summed E-state index contributed by atoms with van der Waals surface area (Å²) in [5.41, 5.74) is 2.78. The quantitative estimate of drug-likeness (QED) is 0.242. The van der Waals surface area contributed by atoms with Crippen molar-refractivity contribution >= 4 is 29.2 Å². The van der Waals surface area contributed by atoms with Crippen molar-refractivity contribution in [2.45, 2.75) is 32.5 Å². The molecule has 224 valence electrons. The van der Waals surface area contributed by atoms with Crippen LogP contribution < -0.4 is 19.9 Å². The third-order valence-electron chi connectivity index (χ3n) is 7.75. The standard InChI is InChI=1S/C33H37FN6O3/c1-23-21-39(18-17-38(23)3)30-14-13-27(20-29(30)34)36-32-35-16-15-31(37-32)40(24(2)26-10-6-5-7-11-26)33(41)43-22-25-9-8-12-28(19-25)42-4/h5-16,19-20,23-24H,17-18,21-22H2,1-4H3,(H,35,36,37)/t23?,24-/m0/s1. The summed E-state index contributed by atoms with van der Waals surface area (Å²) in [7, 11) is 3.67. The van der Waals surface area contributed by atoms with E-state index in [4.69, 9.17) is 9.47 Å². The number of nitrogens with one attached hydrogen (secondary N) is 1. The zero-order valence-electron chi connectivity index (χ0n) is 24.9. The highest BCUT2D eigenvalue weighted by Crippen LogP contribution is 2.29. The Morgan fingerprint density at radius 1 is 1.09 bits per heavy atom. The van der Waals surface area contributed by atoms with E-state index in [-0.39, 0.29) is 18.4 Å². The smallest absolute Gasteiger partial charge is 0.416 e. The van der Waals surface area contributed by atoms with E-state index < -0.39 is 12.1 Å². The van der Waals surface area contributed by atoms with Crippen LogP contribution in [0.4, 0.5) is 32.3 Å². The van der Waals surface area contributed by atoms with Crippen LogP contribution in [-0.4, -0.2) is 60.8 Å². The number of anilines is 4. The van der Waals surface area contributed by atoms with Crippen molar-refractivity contribution < 1.29 is 18.7 Å². The Bertz CT molecular complexity index is 1540. The minimum absolute atomic E-state index is 0.0575. The molecule has 1 aromatic heterocycles. The number of nitrogens with zero attached hydrogens (tertiary/aromatic N) is 5. The van der Waals surface area contributed by atoms with Gasteiger partial charge in [0.25, 0.3) is 0 Å². The molecule has 0 bridgehead atoms. The fourth-order valence-electron chi connectivity index (χ4n) is 5.09. The molecule has 1 fully saturated rings. The van der Waals surface area contributed by atoms with Gasteiger partial charge < -0.3 is 24.6 Å². The van der Waals surface area contributed by atoms with Crippen molar-refractivity contribution in [3.8, 4) is 5.75 Å². The van der Waals surface area contributed by atoms with Gasteiger partial charge in [0, 0.05) is 37.6 Å². The number of likely N-dealkylation sites (N-methyl/N-ethyl adjacent to an activating group) is 1. The summed E-state index contributed by atoms with van der Waals surface area (Å²) >= 11 is 0. The molecular weight excluding hydrogens is 547 g/mol. The van der Waals surface area contributed by atoms with E-state index >= 15 is 4.39 Å². The molecule has 9 nitrogen and oxygen atoms in total. The van der Waals surface area contributed by atoms with Crippen LogP contribution in [0.3, 0.4) is 0 Å². The van der Waals surface area contributed by atoms with Crippen LogP contribution in [0.5, 0.6) is 5.75 Å². The van der Waals surface area contributed by atoms with Gasteiger partial charge >= 0.3 is 6.09 Å². The van der Waals surface area contributed by atoms with E-state index in [9.17, 15) is 4.79 Å². The minimum Gasteiger partial charge on any atom is -0.497 e. The molecule has 2 atom stereocenters. The first kappa shape index (κ1) is 29.8. The second-order valence-corrected chi connectivity index (χ2v) is 10.7. The van der Waals surface area contributed by atoms with E-state index in [1.54, 1.807) is 25.4 Å². The maximum absolute atomic E-state index is 15.2. The number of hydrogen-bond acceptors (Lipinski definition) is 8. The highest BCUT2D eigenvalue weighted by Gasteiger charge is 2.27. The Kier molecular flexibility index (Phi) is 9.36. The SMILES string of the molecule is COc1cccc(COC(=O)N(c2ccnc(Nc3ccc(N4CCN(C)C(C)C4)c(F)c3)n2)[C@@H](C)c2ccccc2)c1. The maximum atomic E-state index is 15.2. The minimum atomic E-state index is -0.569. The number of amides is 1. The fourth-order valence-corrected chi connectivity index (χ4v) is 5.09. The molecule has 0 spiro atoms. The van der Waals surface area contributed by atoms with Crippen LogP contribution in [-0.2, 0) is 11.3 Å². The van der Waals surface area contributed by atoms with E-state index in [1.165, 1.54) is 11.0 Å². The topological polar surface area (TPSA) is 83.1 Å². The van der Waals surface area contributed by atoms with Crippen LogP contribution in [0.25, 0.3) is 0 Å². The highest BCUT2D eigenvalue weighted by molar-refractivity contribution is 5.87. The molecule has 1 aliphatic rings. The summed E-state index contributed by atoms with van der Waals surface area (Å²) in [5, 5.41) is 3.09. The Hall–Kier alpha value is -4.70. The molecule has 10 heteroatoms. The van der Waals surface area contributed by atoms with Crippen molar-refractivity contribution in [1.82, 2.24) is 14.9 Å². The number of carbonyl (C=O) groups is 1. The second-order valence-electron chi connectivity index (χ2n) is 10.7. The molecule has 43 heavy (non-hydrogen) atoms. The van der Waals surface area contributed by atoms with Gasteiger partial charge in [-0.3, -0.25) is 4.90 Å². The number of ether oxygens (including phenoxy) is 2. The molecule has 3 aromatic carbocycles. The molecular formula is C33H37FN6O3. The molecule has 4 aromatic rings. The number of piperazine rings is 1. The maximum Gasteiger partial charge on any atom is 0.416 e. The van der Waals surface area contributed by atoms with Crippen LogP contribution in [0.1, 0.15) is 31.0 Å². The number of carbonyl (C=O) groups excluding carboxylic acids is 1. The summed E-state index contributed by atoms with van der Waals surface area (Å²) in [6.45, 7) is 6.50. The van der Waals surface area contributed by atoms with Crippen molar-refractivity contribution in [3.63, 3.8) is 0 Å². The van der Waals surface area contributed by atoms with Crippen LogP contribution in [0, 0.1) is 5.82 Å². The van der Waals surface area contributed by atoms with Crippen molar-refractivity contribution in [1.29, 1.82) is 0 Å². The molecule has 1 aliphatic heterocycles. The summed E-state index contributed by atoms with van der Waals surface area (Å²) < 4.78 is 26.3. The first-order valence-electron chi connectivity index (χ1n) is 14.3. The molecule has 1 unspecified atom stereocenters. The van der Waals surface area contributed by atoms with Gasteiger partial charge in [0.1, 0.15) is 24.0 Å². The molecule has 5 rings (SSSR count). The van der Waals surface area contributed by atoms with Crippen molar-refractivity contribution in [2.24, 2.45) is 0 Å². The van der Waals surface area contributed by atoms with Gasteiger partial charge in [0.2, 0.25) is 5.95 Å². The summed E-state index contributed by atoms with van der Waals surface area (Å²) in [6, 6.07) is 23.6. The highest BCUT2D eigenvalue weighted by atomic mass is 19.1. The molecule has 0 saturated carbocycles. The predicted octanol–water partition coefficient (Wildman–Crippen LogP) is 6.41. The van der Waals surface area contributed by atoms with Gasteiger partial charge in [-0.05, 0) is 68.4 Å². The van der Waals surface area contributed by atoms with Crippen LogP contribution in [0.2, 0.25) is 0 Å². The zero-order valence-corrected chi connectivity index (χ0v) is 24.9. The lowest BCUT2D eigenvalue weighted by atomic mass is 10.1. The Morgan fingerprint density at radius 3 is 2.65 bits per heavy atom. The fraction of sp³-hybridized carbons (Fsp3) is 0.303. The van der Waals surface area contributed by atoms with Gasteiger partial charge in [0.15, 0.2) is 0 Å². The largest absolute Gasteiger partial charge is 0.497 e. The van der Waals surface area contributed by atoms with Gasteiger partial charge in [-0.15, -0.1) is 0 Å². The van der Waals surface area contributed by atoms with Crippen molar-refractivity contribution in [2.75, 3.05) is 48.9 Å². The lowest BCUT2D eigenvalue weighted by Crippen LogP contribution is -2.50. The monoisotopic (exact) mass is 584 g/mol. The first-order valence-corrected chi connectivity index (χ1v) is 14.3. The van der Waals surface area contributed by atoms with E-state index in [0.29, 0.717) is 29.0 Å². The second kappa shape index (κ2) is 13.5. The average Bonchev–Trinajstić information content (AvgIpc) is 3.02. The number of halogens is 1. The zero-order chi connectivity index (χ0) is 30.3. The van der Waals surface area contributed by atoms with Gasteiger partial charge in [-0.25, -0.2) is 14.2 Å². The van der Waals surface area contributed by atoms with E-state index in [2.05, 4.69) is 39.1 Å². The number of methoxy groups -OCH3 is 1. The van der Waals surface area contributed by atoms with E-state index in [0.717, 1.165) is 30.8 Å². The molecule has 2 heterocycles. The number of rotatable bonds is 9. The normalized spacial score (nSPS) is 15.9. The van der Waals surface area contributed by atoms with Crippen LogP contribution in [0.15, 0.2) is 85.1 Å². The number of benzene rings is 3. The summed E-state index contributed by atoms with van der Waals surface area (Å²) in [4.78, 5) is 28.3.